The first kappa shape index (κ1) is 12.4. The van der Waals surface area contributed by atoms with Crippen LogP contribution in [0, 0.1) is 0 Å². The molecule has 0 amide bonds. The Morgan fingerprint density at radius 2 is 1.69 bits per heavy atom. The van der Waals surface area contributed by atoms with E-state index in [0.717, 1.165) is 6.42 Å². The molecule has 0 atom stereocenters. The Kier molecular flexibility index (Phi) is 5.65. The first-order chi connectivity index (χ1) is 5.92. The highest BCUT2D eigenvalue weighted by molar-refractivity contribution is 7.89. The first-order valence-electron chi connectivity index (χ1n) is 4.14. The fraction of sp³-hybridized carbons (Fsp3) is 0.857. The molecule has 0 bridgehead atoms. The van der Waals surface area contributed by atoms with Crippen molar-refractivity contribution in [3.8, 4) is 0 Å². The van der Waals surface area contributed by atoms with E-state index in [9.17, 15) is 13.2 Å². The maximum atomic E-state index is 10.5. The van der Waals surface area contributed by atoms with E-state index < -0.39 is 16.0 Å². The van der Waals surface area contributed by atoms with Gasteiger partial charge in [0.15, 0.2) is 0 Å². The standard InChI is InChI=1S/C7H15NO4S/c8-13(11,12)6-4-2-1-3-5-7(9)10/h1-6H2,(H,9,10)(H2,8,11,12). The normalized spacial score (nSPS) is 11.5. The number of hydrogen-bond acceptors (Lipinski definition) is 3. The molecule has 0 aromatic carbocycles. The molecule has 0 saturated carbocycles. The molecule has 0 radical (unpaired) electrons. The Labute approximate surface area is 78.0 Å². The number of nitrogens with two attached hydrogens (primary N) is 1. The van der Waals surface area contributed by atoms with Crippen LogP contribution in [-0.2, 0) is 14.8 Å². The second kappa shape index (κ2) is 5.93. The fourth-order valence-corrected chi connectivity index (χ4v) is 1.54. The Morgan fingerprint density at radius 1 is 1.15 bits per heavy atom. The minimum absolute atomic E-state index is 0.0138. The number of hydrogen-bond donors (Lipinski definition) is 2. The van der Waals surface area contributed by atoms with Gasteiger partial charge in [-0.25, -0.2) is 13.6 Å². The number of primary sulfonamides is 1. The fourth-order valence-electron chi connectivity index (χ4n) is 0.933. The number of sulfonamides is 1. The molecule has 0 fully saturated rings. The summed E-state index contributed by atoms with van der Waals surface area (Å²) in [4.78, 5) is 10.1. The highest BCUT2D eigenvalue weighted by Gasteiger charge is 2.02. The Hall–Kier alpha value is -0.620. The number of rotatable bonds is 7. The van der Waals surface area contributed by atoms with Gasteiger partial charge in [-0.05, 0) is 12.8 Å². The largest absolute Gasteiger partial charge is 0.481 e. The number of carboxylic acid groups (broad SMARTS) is 1. The SMILES string of the molecule is NS(=O)(=O)CCCCCCC(=O)O. The number of aliphatic carboxylic acids is 1. The number of carboxylic acids is 1. The summed E-state index contributed by atoms with van der Waals surface area (Å²) in [6.07, 6.45) is 2.71. The van der Waals surface area contributed by atoms with Gasteiger partial charge in [-0.1, -0.05) is 12.8 Å². The Morgan fingerprint density at radius 3 is 2.15 bits per heavy atom. The van der Waals surface area contributed by atoms with Gasteiger partial charge >= 0.3 is 5.97 Å². The maximum Gasteiger partial charge on any atom is 0.303 e. The first-order valence-corrected chi connectivity index (χ1v) is 5.85. The van der Waals surface area contributed by atoms with E-state index in [-0.39, 0.29) is 12.2 Å². The zero-order valence-electron chi connectivity index (χ0n) is 7.40. The van der Waals surface area contributed by atoms with Gasteiger partial charge in [0.2, 0.25) is 10.0 Å². The van der Waals surface area contributed by atoms with E-state index in [2.05, 4.69) is 0 Å². The second-order valence-corrected chi connectivity index (χ2v) is 4.66. The van der Waals surface area contributed by atoms with Gasteiger partial charge in [-0.3, -0.25) is 4.79 Å². The summed E-state index contributed by atoms with van der Waals surface area (Å²) in [6, 6.07) is 0. The van der Waals surface area contributed by atoms with Gasteiger partial charge in [0.25, 0.3) is 0 Å². The van der Waals surface area contributed by atoms with Crippen molar-refractivity contribution >= 4 is 16.0 Å². The molecule has 0 aromatic rings. The molecule has 0 spiro atoms. The third kappa shape index (κ3) is 11.4. The van der Waals surface area contributed by atoms with Crippen LogP contribution in [0.25, 0.3) is 0 Å². The summed E-state index contributed by atoms with van der Waals surface area (Å²) in [5.41, 5.74) is 0. The summed E-state index contributed by atoms with van der Waals surface area (Å²) >= 11 is 0. The molecule has 78 valence electrons. The average molecular weight is 209 g/mol. The maximum absolute atomic E-state index is 10.5. The Balaban J connectivity index is 3.23. The molecule has 0 aliphatic rings. The molecule has 3 N–H and O–H groups in total. The molecule has 5 nitrogen and oxygen atoms in total. The van der Waals surface area contributed by atoms with Crippen molar-refractivity contribution < 1.29 is 18.3 Å². The van der Waals surface area contributed by atoms with E-state index in [1.54, 1.807) is 0 Å². The van der Waals surface area contributed by atoms with Crippen LogP contribution in [0.1, 0.15) is 32.1 Å². The van der Waals surface area contributed by atoms with Crippen LogP contribution < -0.4 is 5.14 Å². The van der Waals surface area contributed by atoms with Crippen molar-refractivity contribution in [2.75, 3.05) is 5.75 Å². The van der Waals surface area contributed by atoms with Crippen molar-refractivity contribution in [2.24, 2.45) is 5.14 Å². The van der Waals surface area contributed by atoms with Crippen molar-refractivity contribution in [3.63, 3.8) is 0 Å². The summed E-state index contributed by atoms with van der Waals surface area (Å²) in [5.74, 6) is -0.827. The van der Waals surface area contributed by atoms with Crippen molar-refractivity contribution in [1.82, 2.24) is 0 Å². The molecule has 6 heteroatoms. The molecule has 0 saturated heterocycles. The third-order valence-corrected chi connectivity index (χ3v) is 2.43. The van der Waals surface area contributed by atoms with Gasteiger partial charge in [-0.15, -0.1) is 0 Å². The lowest BCUT2D eigenvalue weighted by molar-refractivity contribution is -0.137. The molecular weight excluding hydrogens is 194 g/mol. The van der Waals surface area contributed by atoms with E-state index >= 15 is 0 Å². The van der Waals surface area contributed by atoms with Crippen LogP contribution in [0.2, 0.25) is 0 Å². The van der Waals surface area contributed by atoms with Crippen LogP contribution in [-0.4, -0.2) is 25.2 Å². The lowest BCUT2D eigenvalue weighted by Gasteiger charge is -1.98. The molecule has 13 heavy (non-hydrogen) atoms. The lowest BCUT2D eigenvalue weighted by Crippen LogP contribution is -2.16. The highest BCUT2D eigenvalue weighted by Crippen LogP contribution is 2.03. The molecule has 0 heterocycles. The summed E-state index contributed by atoms with van der Waals surface area (Å²) in [7, 11) is -3.34. The smallest absolute Gasteiger partial charge is 0.303 e. The van der Waals surface area contributed by atoms with Gasteiger partial charge in [-0.2, -0.15) is 0 Å². The average Bonchev–Trinajstić information content (AvgIpc) is 1.93. The van der Waals surface area contributed by atoms with Crippen LogP contribution in [0.3, 0.4) is 0 Å². The summed E-state index contributed by atoms with van der Waals surface area (Å²) in [6.45, 7) is 0. The van der Waals surface area contributed by atoms with E-state index in [1.165, 1.54) is 0 Å². The summed E-state index contributed by atoms with van der Waals surface area (Å²) in [5, 5.41) is 13.1. The molecule has 0 aliphatic heterocycles. The molecular formula is C7H15NO4S. The molecule has 0 unspecified atom stereocenters. The van der Waals surface area contributed by atoms with E-state index in [0.29, 0.717) is 19.3 Å². The predicted octanol–water partition coefficient (Wildman–Crippen LogP) is 0.310. The zero-order chi connectivity index (χ0) is 10.3. The van der Waals surface area contributed by atoms with Gasteiger partial charge in [0, 0.05) is 6.42 Å². The molecule has 0 aromatic heterocycles. The number of carbonyl (C=O) groups is 1. The minimum atomic E-state index is -3.34. The van der Waals surface area contributed by atoms with Crippen LogP contribution in [0.15, 0.2) is 0 Å². The third-order valence-electron chi connectivity index (χ3n) is 1.57. The zero-order valence-corrected chi connectivity index (χ0v) is 8.22. The monoisotopic (exact) mass is 209 g/mol. The van der Waals surface area contributed by atoms with Crippen molar-refractivity contribution in [1.29, 1.82) is 0 Å². The number of unbranched alkanes of at least 4 members (excludes halogenated alkanes) is 3. The van der Waals surface area contributed by atoms with E-state index in [1.807, 2.05) is 0 Å². The van der Waals surface area contributed by atoms with Gasteiger partial charge in [0.1, 0.15) is 0 Å². The van der Waals surface area contributed by atoms with E-state index in [4.69, 9.17) is 10.2 Å². The van der Waals surface area contributed by atoms with Crippen molar-refractivity contribution in [2.45, 2.75) is 32.1 Å². The predicted molar refractivity (Wildman–Crippen MR) is 48.7 cm³/mol. The lowest BCUT2D eigenvalue weighted by atomic mass is 10.2. The van der Waals surface area contributed by atoms with Gasteiger partial charge < -0.3 is 5.11 Å². The summed E-state index contributed by atoms with van der Waals surface area (Å²) < 4.78 is 20.9. The molecule has 0 aliphatic carbocycles. The van der Waals surface area contributed by atoms with Gasteiger partial charge in [0.05, 0.1) is 5.75 Å². The van der Waals surface area contributed by atoms with Crippen molar-refractivity contribution in [3.05, 3.63) is 0 Å². The Bertz CT molecular complexity index is 247. The highest BCUT2D eigenvalue weighted by atomic mass is 32.2. The van der Waals surface area contributed by atoms with Crippen LogP contribution in [0.5, 0.6) is 0 Å². The molecule has 0 rings (SSSR count). The van der Waals surface area contributed by atoms with Crippen LogP contribution >= 0.6 is 0 Å². The van der Waals surface area contributed by atoms with Crippen LogP contribution in [0.4, 0.5) is 0 Å². The quantitative estimate of drug-likeness (QED) is 0.589. The minimum Gasteiger partial charge on any atom is -0.481 e. The topological polar surface area (TPSA) is 97.5 Å². The second-order valence-electron chi connectivity index (χ2n) is 2.92.